The summed E-state index contributed by atoms with van der Waals surface area (Å²) in [6.07, 6.45) is 3.65. The Hall–Kier alpha value is -3.29. The maximum atomic E-state index is 14.9. The first-order valence-corrected chi connectivity index (χ1v) is 13.5. The van der Waals surface area contributed by atoms with Gasteiger partial charge in [-0.25, -0.2) is 9.18 Å². The fourth-order valence-corrected chi connectivity index (χ4v) is 5.10. The van der Waals surface area contributed by atoms with Crippen molar-refractivity contribution in [2.45, 2.75) is 77.9 Å². The number of halogens is 1. The van der Waals surface area contributed by atoms with Gasteiger partial charge in [-0.3, -0.25) is 9.69 Å². The van der Waals surface area contributed by atoms with E-state index < -0.39 is 17.7 Å². The Morgan fingerprint density at radius 2 is 1.84 bits per heavy atom. The monoisotopic (exact) mass is 527 g/mol. The molecule has 1 N–H and O–H groups in total. The molecular formula is C30H42FN3O4. The highest BCUT2D eigenvalue weighted by Gasteiger charge is 2.40. The number of rotatable bonds is 4. The quantitative estimate of drug-likeness (QED) is 0.479. The lowest BCUT2D eigenvalue weighted by molar-refractivity contribution is -0.126. The van der Waals surface area contributed by atoms with Crippen LogP contribution in [0.5, 0.6) is 5.75 Å². The summed E-state index contributed by atoms with van der Waals surface area (Å²) in [5.41, 5.74) is 2.69. The number of nitrogens with zero attached hydrogens (tertiary/aromatic N) is 3. The molecule has 3 aliphatic rings. The van der Waals surface area contributed by atoms with E-state index in [4.69, 9.17) is 4.74 Å². The molecule has 1 atom stereocenters. The molecular weight excluding hydrogens is 485 g/mol. The molecule has 0 spiro atoms. The number of carbonyl (C=O) groups excluding carboxylic acids is 2. The number of phenols is 1. The van der Waals surface area contributed by atoms with Crippen molar-refractivity contribution >= 4 is 17.7 Å². The topological polar surface area (TPSA) is 73.3 Å². The van der Waals surface area contributed by atoms with Crippen LogP contribution >= 0.6 is 0 Å². The van der Waals surface area contributed by atoms with Gasteiger partial charge in [-0.1, -0.05) is 27.0 Å². The lowest BCUT2D eigenvalue weighted by atomic mass is 9.90. The number of amides is 2. The second-order valence-corrected chi connectivity index (χ2v) is 10.8. The Morgan fingerprint density at radius 1 is 1.18 bits per heavy atom. The Labute approximate surface area is 226 Å². The molecule has 4 rings (SSSR count). The van der Waals surface area contributed by atoms with E-state index in [9.17, 15) is 19.1 Å². The average Bonchev–Trinajstić information content (AvgIpc) is 3.72. The van der Waals surface area contributed by atoms with E-state index in [2.05, 4.69) is 13.2 Å². The van der Waals surface area contributed by atoms with Crippen molar-refractivity contribution in [2.24, 2.45) is 0 Å². The van der Waals surface area contributed by atoms with E-state index in [1.54, 1.807) is 21.7 Å². The predicted octanol–water partition coefficient (Wildman–Crippen LogP) is 6.11. The van der Waals surface area contributed by atoms with Crippen LogP contribution in [0.3, 0.4) is 0 Å². The van der Waals surface area contributed by atoms with Crippen LogP contribution in [0.25, 0.3) is 0 Å². The molecule has 2 amide bonds. The number of carbonyl (C=O) groups is 2. The Bertz CT molecular complexity index is 1130. The van der Waals surface area contributed by atoms with E-state index in [1.807, 2.05) is 34.6 Å². The molecule has 2 aliphatic heterocycles. The van der Waals surface area contributed by atoms with Crippen molar-refractivity contribution in [3.05, 3.63) is 59.6 Å². The van der Waals surface area contributed by atoms with E-state index in [1.165, 1.54) is 18.2 Å². The molecule has 208 valence electrons. The lowest BCUT2D eigenvalue weighted by Gasteiger charge is -2.42. The number of fused-ring (bicyclic) bond motifs is 1. The minimum atomic E-state index is -0.678. The molecule has 2 fully saturated rings. The first-order valence-electron chi connectivity index (χ1n) is 13.5. The van der Waals surface area contributed by atoms with Crippen LogP contribution < -0.4 is 4.90 Å². The number of benzene rings is 1. The van der Waals surface area contributed by atoms with Crippen LogP contribution in [0, 0.1) is 5.82 Å². The molecule has 1 aromatic rings. The van der Waals surface area contributed by atoms with Gasteiger partial charge in [-0.05, 0) is 74.8 Å². The van der Waals surface area contributed by atoms with Crippen LogP contribution in [0.2, 0.25) is 0 Å². The van der Waals surface area contributed by atoms with E-state index in [0.717, 1.165) is 29.7 Å². The SMILES string of the molecule is C=CC(=O)N1CCC(=C)C2=C(N(C)c3cc(F)c(C4CC4)cc3O)CCN(C(=O)OC(C)(C)C)C2C1.CC. The maximum absolute atomic E-state index is 14.9. The van der Waals surface area contributed by atoms with Gasteiger partial charge >= 0.3 is 6.09 Å². The molecule has 1 aliphatic carbocycles. The highest BCUT2D eigenvalue weighted by atomic mass is 19.1. The summed E-state index contributed by atoms with van der Waals surface area (Å²) in [5, 5.41) is 10.8. The third kappa shape index (κ3) is 6.22. The van der Waals surface area contributed by atoms with Crippen molar-refractivity contribution in [2.75, 3.05) is 31.6 Å². The van der Waals surface area contributed by atoms with Crippen molar-refractivity contribution in [1.29, 1.82) is 0 Å². The summed E-state index contributed by atoms with van der Waals surface area (Å²) >= 11 is 0. The predicted molar refractivity (Wildman–Crippen MR) is 149 cm³/mol. The van der Waals surface area contributed by atoms with Gasteiger partial charge in [0, 0.05) is 44.9 Å². The third-order valence-electron chi connectivity index (χ3n) is 7.06. The number of hydrogen-bond donors (Lipinski definition) is 1. The first kappa shape index (κ1) is 29.3. The van der Waals surface area contributed by atoms with Crippen molar-refractivity contribution in [3.8, 4) is 5.75 Å². The van der Waals surface area contributed by atoms with Crippen LogP contribution in [0.1, 0.15) is 71.8 Å². The molecule has 7 nitrogen and oxygen atoms in total. The fourth-order valence-electron chi connectivity index (χ4n) is 5.10. The summed E-state index contributed by atoms with van der Waals surface area (Å²) in [6, 6.07) is 2.42. The summed E-state index contributed by atoms with van der Waals surface area (Å²) < 4.78 is 20.6. The molecule has 1 saturated heterocycles. The lowest BCUT2D eigenvalue weighted by Crippen LogP contribution is -2.53. The van der Waals surface area contributed by atoms with Gasteiger partial charge in [0.05, 0.1) is 11.7 Å². The molecule has 0 bridgehead atoms. The van der Waals surface area contributed by atoms with Crippen molar-refractivity contribution < 1.29 is 23.8 Å². The van der Waals surface area contributed by atoms with Crippen molar-refractivity contribution in [1.82, 2.24) is 9.80 Å². The number of ether oxygens (including phenoxy) is 1. The van der Waals surface area contributed by atoms with Crippen LogP contribution in [0.15, 0.2) is 48.2 Å². The van der Waals surface area contributed by atoms with Gasteiger partial charge in [0.2, 0.25) is 5.91 Å². The number of hydrogen-bond acceptors (Lipinski definition) is 5. The van der Waals surface area contributed by atoms with Gasteiger partial charge in [-0.2, -0.15) is 0 Å². The van der Waals surface area contributed by atoms with Crippen molar-refractivity contribution in [3.63, 3.8) is 0 Å². The third-order valence-corrected chi connectivity index (χ3v) is 7.06. The molecule has 1 saturated carbocycles. The van der Waals surface area contributed by atoms with E-state index >= 15 is 0 Å². The Kier molecular flexibility index (Phi) is 8.95. The van der Waals surface area contributed by atoms with Gasteiger partial charge in [0.15, 0.2) is 0 Å². The minimum absolute atomic E-state index is 0.0164. The molecule has 8 heteroatoms. The molecule has 1 unspecified atom stereocenters. The molecule has 0 radical (unpaired) electrons. The largest absolute Gasteiger partial charge is 0.506 e. The first-order chi connectivity index (χ1) is 17.9. The molecule has 2 heterocycles. The smallest absolute Gasteiger partial charge is 0.410 e. The average molecular weight is 528 g/mol. The highest BCUT2D eigenvalue weighted by molar-refractivity contribution is 5.87. The zero-order valence-corrected chi connectivity index (χ0v) is 23.6. The van der Waals surface area contributed by atoms with Crippen LogP contribution in [-0.2, 0) is 9.53 Å². The molecule has 0 aromatic heterocycles. The van der Waals surface area contributed by atoms with Crippen LogP contribution in [-0.4, -0.2) is 65.2 Å². The second kappa shape index (κ2) is 11.6. The number of anilines is 1. The standard InChI is InChI=1S/C28H36FN3O4.C2H6/c1-7-25(34)31-12-10-17(2)26-21(11-13-32(23(26)16-31)27(35)36-28(3,4)5)30(6)22-15-20(29)19(14-24(22)33)18-8-9-18;1-2/h7,14-15,18,23,33H,1-2,8-13,16H2,3-6H3;1-2H3. The van der Waals surface area contributed by atoms with Gasteiger partial charge in [-0.15, -0.1) is 0 Å². The van der Waals surface area contributed by atoms with Gasteiger partial charge in [0.25, 0.3) is 0 Å². The summed E-state index contributed by atoms with van der Waals surface area (Å²) in [7, 11) is 1.79. The maximum Gasteiger partial charge on any atom is 0.410 e. The second-order valence-electron chi connectivity index (χ2n) is 10.8. The number of phenolic OH excluding ortho intramolecular Hbond substituents is 1. The summed E-state index contributed by atoms with van der Waals surface area (Å²) in [6.45, 7) is 18.4. The number of likely N-dealkylation sites (tertiary alicyclic amines) is 1. The normalized spacial score (nSPS) is 19.7. The zero-order valence-electron chi connectivity index (χ0n) is 23.6. The van der Waals surface area contributed by atoms with Crippen LogP contribution in [0.4, 0.5) is 14.9 Å². The minimum Gasteiger partial charge on any atom is -0.506 e. The molecule has 1 aromatic carbocycles. The number of aromatic hydroxyl groups is 1. The van der Waals surface area contributed by atoms with Gasteiger partial charge < -0.3 is 19.6 Å². The Morgan fingerprint density at radius 3 is 2.42 bits per heavy atom. The summed E-state index contributed by atoms with van der Waals surface area (Å²) in [5.74, 6) is -0.353. The Balaban J connectivity index is 0.00000195. The highest BCUT2D eigenvalue weighted by Crippen LogP contribution is 2.45. The van der Waals surface area contributed by atoms with Gasteiger partial charge in [0.1, 0.15) is 17.2 Å². The summed E-state index contributed by atoms with van der Waals surface area (Å²) in [4.78, 5) is 30.9. The fraction of sp³-hybridized carbons (Fsp3) is 0.533. The zero-order chi connectivity index (χ0) is 28.4. The molecule has 38 heavy (non-hydrogen) atoms. The van der Waals surface area contributed by atoms with E-state index in [-0.39, 0.29) is 29.9 Å². The van der Waals surface area contributed by atoms with E-state index in [0.29, 0.717) is 37.2 Å².